The summed E-state index contributed by atoms with van der Waals surface area (Å²) in [5.74, 6) is -1.06. The van der Waals surface area contributed by atoms with E-state index in [0.717, 1.165) is 9.75 Å². The molecule has 0 aliphatic carbocycles. The van der Waals surface area contributed by atoms with Crippen LogP contribution in [0.5, 0.6) is 0 Å². The fourth-order valence-corrected chi connectivity index (χ4v) is 2.80. The quantitative estimate of drug-likeness (QED) is 0.856. The third-order valence-corrected chi connectivity index (χ3v) is 3.84. The molecule has 21 heavy (non-hydrogen) atoms. The van der Waals surface area contributed by atoms with Gasteiger partial charge in [-0.1, -0.05) is 12.1 Å². The highest BCUT2D eigenvalue weighted by molar-refractivity contribution is 7.12. The number of hydrogen-bond acceptors (Lipinski definition) is 3. The number of thiophene rings is 1. The van der Waals surface area contributed by atoms with E-state index in [2.05, 4.69) is 10.9 Å². The van der Waals surface area contributed by atoms with Gasteiger partial charge in [0.1, 0.15) is 5.82 Å². The molecule has 1 aromatic heterocycles. The van der Waals surface area contributed by atoms with Crippen LogP contribution in [0.4, 0.5) is 4.39 Å². The third kappa shape index (κ3) is 4.13. The van der Waals surface area contributed by atoms with Crippen LogP contribution >= 0.6 is 11.3 Å². The number of hydrazine groups is 1. The van der Waals surface area contributed by atoms with Crippen molar-refractivity contribution in [3.63, 3.8) is 0 Å². The summed E-state index contributed by atoms with van der Waals surface area (Å²) >= 11 is 1.53. The van der Waals surface area contributed by atoms with Crippen LogP contribution in [-0.4, -0.2) is 11.8 Å². The molecule has 2 rings (SSSR count). The number of aryl methyl sites for hydroxylation is 2. The van der Waals surface area contributed by atoms with Crippen LogP contribution in [0.1, 0.15) is 25.7 Å². The second kappa shape index (κ2) is 6.49. The van der Waals surface area contributed by atoms with Gasteiger partial charge in [-0.25, -0.2) is 4.39 Å². The Morgan fingerprint density at radius 3 is 2.38 bits per heavy atom. The van der Waals surface area contributed by atoms with Gasteiger partial charge in [0, 0.05) is 9.75 Å². The molecule has 0 fully saturated rings. The zero-order chi connectivity index (χ0) is 15.4. The lowest BCUT2D eigenvalue weighted by Crippen LogP contribution is -2.42. The van der Waals surface area contributed by atoms with Crippen LogP contribution in [0.25, 0.3) is 0 Å². The molecule has 2 N–H and O–H groups in total. The van der Waals surface area contributed by atoms with Gasteiger partial charge in [0.2, 0.25) is 5.91 Å². The van der Waals surface area contributed by atoms with E-state index in [9.17, 15) is 14.0 Å². The maximum absolute atomic E-state index is 12.7. The first-order valence-electron chi connectivity index (χ1n) is 6.36. The van der Waals surface area contributed by atoms with Crippen molar-refractivity contribution in [3.05, 3.63) is 57.0 Å². The van der Waals surface area contributed by atoms with Crippen molar-refractivity contribution < 1.29 is 14.0 Å². The smallest absolute Gasteiger partial charge is 0.270 e. The van der Waals surface area contributed by atoms with E-state index in [0.29, 0.717) is 11.1 Å². The number of nitrogens with one attached hydrogen (secondary N) is 2. The lowest BCUT2D eigenvalue weighted by Gasteiger charge is -2.07. The van der Waals surface area contributed by atoms with Crippen molar-refractivity contribution >= 4 is 23.2 Å². The summed E-state index contributed by atoms with van der Waals surface area (Å²) in [5.41, 5.74) is 5.96. The zero-order valence-electron chi connectivity index (χ0n) is 11.7. The molecule has 0 spiro atoms. The lowest BCUT2D eigenvalue weighted by atomic mass is 10.1. The molecule has 0 bridgehead atoms. The van der Waals surface area contributed by atoms with Crippen molar-refractivity contribution in [1.29, 1.82) is 0 Å². The molecule has 0 saturated heterocycles. The zero-order valence-corrected chi connectivity index (χ0v) is 12.5. The molecule has 1 heterocycles. The minimum Gasteiger partial charge on any atom is -0.273 e. The van der Waals surface area contributed by atoms with Crippen LogP contribution in [0.3, 0.4) is 0 Å². The van der Waals surface area contributed by atoms with Gasteiger partial charge in [0.25, 0.3) is 5.91 Å². The lowest BCUT2D eigenvalue weighted by molar-refractivity contribution is -0.121. The molecule has 110 valence electrons. The van der Waals surface area contributed by atoms with Crippen molar-refractivity contribution in [2.45, 2.75) is 20.3 Å². The first kappa shape index (κ1) is 15.2. The van der Waals surface area contributed by atoms with E-state index in [1.54, 1.807) is 6.07 Å². The average molecular weight is 306 g/mol. The largest absolute Gasteiger partial charge is 0.273 e. The average Bonchev–Trinajstić information content (AvgIpc) is 2.78. The van der Waals surface area contributed by atoms with E-state index in [-0.39, 0.29) is 24.1 Å². The highest BCUT2D eigenvalue weighted by Gasteiger charge is 2.12. The van der Waals surface area contributed by atoms with E-state index in [1.807, 2.05) is 13.8 Å². The van der Waals surface area contributed by atoms with Crippen molar-refractivity contribution in [3.8, 4) is 0 Å². The fourth-order valence-electron chi connectivity index (χ4n) is 1.88. The molecule has 0 unspecified atom stereocenters. The first-order chi connectivity index (χ1) is 9.95. The van der Waals surface area contributed by atoms with Crippen LogP contribution in [0.2, 0.25) is 0 Å². The minimum absolute atomic E-state index is 0.0716. The summed E-state index contributed by atoms with van der Waals surface area (Å²) in [5, 5.41) is 0. The monoisotopic (exact) mass is 306 g/mol. The molecule has 0 aliphatic heterocycles. The van der Waals surface area contributed by atoms with Gasteiger partial charge in [-0.2, -0.15) is 0 Å². The Hall–Kier alpha value is -2.21. The van der Waals surface area contributed by atoms with Gasteiger partial charge in [-0.05, 0) is 37.6 Å². The van der Waals surface area contributed by atoms with E-state index < -0.39 is 0 Å². The molecule has 0 atom stereocenters. The van der Waals surface area contributed by atoms with Gasteiger partial charge in [0.05, 0.1) is 12.0 Å². The van der Waals surface area contributed by atoms with Crippen LogP contribution in [0, 0.1) is 19.7 Å². The second-order valence-corrected chi connectivity index (χ2v) is 6.09. The summed E-state index contributed by atoms with van der Waals surface area (Å²) in [6.45, 7) is 3.77. The van der Waals surface area contributed by atoms with Gasteiger partial charge >= 0.3 is 0 Å². The number of carbonyl (C=O) groups excluding carboxylic acids is 2. The number of hydrogen-bond donors (Lipinski definition) is 2. The van der Waals surface area contributed by atoms with E-state index in [1.165, 1.54) is 35.6 Å². The van der Waals surface area contributed by atoms with Gasteiger partial charge in [0.15, 0.2) is 0 Å². The Balaban J connectivity index is 1.88. The highest BCUT2D eigenvalue weighted by atomic mass is 32.1. The van der Waals surface area contributed by atoms with Crippen LogP contribution in [0.15, 0.2) is 30.3 Å². The Morgan fingerprint density at radius 2 is 1.81 bits per heavy atom. The van der Waals surface area contributed by atoms with Crippen molar-refractivity contribution in [1.82, 2.24) is 10.9 Å². The Bertz CT molecular complexity index is 665. The Kier molecular flexibility index (Phi) is 4.70. The van der Waals surface area contributed by atoms with Crippen molar-refractivity contribution in [2.75, 3.05) is 0 Å². The summed E-state index contributed by atoms with van der Waals surface area (Å²) in [6, 6.07) is 7.42. The standard InChI is InChI=1S/C15H15FN2O2S/c1-9-7-13(10(2)21-9)15(20)18-17-14(19)8-11-3-5-12(16)6-4-11/h3-7H,8H2,1-2H3,(H,17,19)(H,18,20). The molecule has 1 aromatic carbocycles. The summed E-state index contributed by atoms with van der Waals surface area (Å²) < 4.78 is 12.7. The van der Waals surface area contributed by atoms with Crippen LogP contribution < -0.4 is 10.9 Å². The normalized spacial score (nSPS) is 10.2. The van der Waals surface area contributed by atoms with E-state index in [4.69, 9.17) is 0 Å². The molecular weight excluding hydrogens is 291 g/mol. The summed E-state index contributed by atoms with van der Waals surface area (Å²) in [4.78, 5) is 25.6. The molecule has 2 aromatic rings. The van der Waals surface area contributed by atoms with Gasteiger partial charge in [-0.3, -0.25) is 20.4 Å². The first-order valence-corrected chi connectivity index (χ1v) is 7.18. The Morgan fingerprint density at radius 1 is 1.14 bits per heavy atom. The van der Waals surface area contributed by atoms with E-state index >= 15 is 0 Å². The fraction of sp³-hybridized carbons (Fsp3) is 0.200. The predicted molar refractivity (Wildman–Crippen MR) is 79.5 cm³/mol. The van der Waals surface area contributed by atoms with Gasteiger partial charge < -0.3 is 0 Å². The summed E-state index contributed by atoms with van der Waals surface area (Å²) in [6.07, 6.45) is 0.0716. The molecule has 4 nitrogen and oxygen atoms in total. The molecular formula is C15H15FN2O2S. The molecule has 0 radical (unpaired) electrons. The molecule has 0 saturated carbocycles. The third-order valence-electron chi connectivity index (χ3n) is 2.88. The number of benzene rings is 1. The maximum Gasteiger partial charge on any atom is 0.270 e. The second-order valence-electron chi connectivity index (χ2n) is 4.63. The Labute approximate surface area is 126 Å². The number of halogens is 1. The number of rotatable bonds is 3. The predicted octanol–water partition coefficient (Wildman–Crippen LogP) is 2.51. The molecule has 2 amide bonds. The van der Waals surface area contributed by atoms with Gasteiger partial charge in [-0.15, -0.1) is 11.3 Å². The van der Waals surface area contributed by atoms with Crippen molar-refractivity contribution in [2.24, 2.45) is 0 Å². The minimum atomic E-state index is -0.362. The topological polar surface area (TPSA) is 58.2 Å². The molecule has 0 aliphatic rings. The number of amides is 2. The molecule has 6 heteroatoms. The maximum atomic E-state index is 12.7. The van der Waals surface area contributed by atoms with Crippen LogP contribution in [-0.2, 0) is 11.2 Å². The number of carbonyl (C=O) groups is 2. The highest BCUT2D eigenvalue weighted by Crippen LogP contribution is 2.20. The SMILES string of the molecule is Cc1cc(C(=O)NNC(=O)Cc2ccc(F)cc2)c(C)s1. The summed E-state index contributed by atoms with van der Waals surface area (Å²) in [7, 11) is 0.